The molecule has 1 aliphatic carbocycles. The van der Waals surface area contributed by atoms with E-state index in [1.807, 2.05) is 12.1 Å². The summed E-state index contributed by atoms with van der Waals surface area (Å²) in [5.41, 5.74) is 2.54. The SMILES string of the molecule is CCNC(=NCc1cccnc1OCCOC)NCCC1=CCCCC1.I. The summed E-state index contributed by atoms with van der Waals surface area (Å²) in [6.07, 6.45) is 10.4. The fourth-order valence-corrected chi connectivity index (χ4v) is 2.88. The van der Waals surface area contributed by atoms with Crippen LogP contribution in [-0.2, 0) is 11.3 Å². The Balaban J connectivity index is 0.00000364. The molecule has 0 fully saturated rings. The Morgan fingerprint density at radius 1 is 1.26 bits per heavy atom. The quantitative estimate of drug-likeness (QED) is 0.173. The highest BCUT2D eigenvalue weighted by Crippen LogP contribution is 2.19. The summed E-state index contributed by atoms with van der Waals surface area (Å²) < 4.78 is 10.7. The van der Waals surface area contributed by atoms with Gasteiger partial charge in [-0.25, -0.2) is 9.98 Å². The van der Waals surface area contributed by atoms with Gasteiger partial charge in [0.15, 0.2) is 5.96 Å². The van der Waals surface area contributed by atoms with E-state index in [-0.39, 0.29) is 24.0 Å². The molecule has 1 aromatic rings. The van der Waals surface area contributed by atoms with E-state index in [2.05, 4.69) is 33.6 Å². The van der Waals surface area contributed by atoms with Gasteiger partial charge in [-0.05, 0) is 45.1 Å². The Hall–Kier alpha value is -1.35. The molecule has 152 valence electrons. The van der Waals surface area contributed by atoms with E-state index in [9.17, 15) is 0 Å². The van der Waals surface area contributed by atoms with Crippen molar-refractivity contribution in [2.24, 2.45) is 4.99 Å². The molecule has 2 rings (SSSR count). The molecule has 0 saturated carbocycles. The lowest BCUT2D eigenvalue weighted by Gasteiger charge is -2.15. The van der Waals surface area contributed by atoms with Gasteiger partial charge in [-0.3, -0.25) is 0 Å². The minimum absolute atomic E-state index is 0. The second-order valence-electron chi connectivity index (χ2n) is 6.29. The molecular formula is C20H33IN4O2. The van der Waals surface area contributed by atoms with Gasteiger partial charge in [0, 0.05) is 32.0 Å². The number of aliphatic imine (C=N–C) groups is 1. The van der Waals surface area contributed by atoms with Gasteiger partial charge >= 0.3 is 0 Å². The van der Waals surface area contributed by atoms with Crippen LogP contribution in [0.2, 0.25) is 0 Å². The Bertz CT molecular complexity index is 593. The number of nitrogens with one attached hydrogen (secondary N) is 2. The number of ether oxygens (including phenoxy) is 2. The summed E-state index contributed by atoms with van der Waals surface area (Å²) in [6, 6.07) is 3.90. The molecule has 2 N–H and O–H groups in total. The molecule has 1 aromatic heterocycles. The number of rotatable bonds is 10. The standard InChI is InChI=1S/C20H32N4O2.HI/c1-3-21-20(23-13-11-17-8-5-4-6-9-17)24-16-18-10-7-12-22-19(18)26-15-14-25-2;/h7-8,10,12H,3-6,9,11,13-16H2,1-2H3,(H2,21,23,24);1H. The third kappa shape index (κ3) is 9.41. The van der Waals surface area contributed by atoms with E-state index in [1.54, 1.807) is 18.9 Å². The molecule has 27 heavy (non-hydrogen) atoms. The number of hydrogen-bond donors (Lipinski definition) is 2. The van der Waals surface area contributed by atoms with Crippen molar-refractivity contribution >= 4 is 29.9 Å². The highest BCUT2D eigenvalue weighted by atomic mass is 127. The van der Waals surface area contributed by atoms with Gasteiger partial charge < -0.3 is 20.1 Å². The van der Waals surface area contributed by atoms with E-state index < -0.39 is 0 Å². The molecule has 0 saturated heterocycles. The van der Waals surface area contributed by atoms with Crippen LogP contribution in [0.15, 0.2) is 35.0 Å². The molecular weight excluding hydrogens is 455 g/mol. The predicted octanol–water partition coefficient (Wildman–Crippen LogP) is 3.67. The molecule has 0 bridgehead atoms. The third-order valence-electron chi connectivity index (χ3n) is 4.25. The van der Waals surface area contributed by atoms with E-state index in [0.29, 0.717) is 25.6 Å². The second kappa shape index (κ2) is 14.7. The zero-order valence-corrected chi connectivity index (χ0v) is 18.8. The van der Waals surface area contributed by atoms with Gasteiger partial charge in [0.1, 0.15) is 6.61 Å². The van der Waals surface area contributed by atoms with Gasteiger partial charge in [0.2, 0.25) is 5.88 Å². The van der Waals surface area contributed by atoms with Gasteiger partial charge in [-0.15, -0.1) is 24.0 Å². The molecule has 0 aliphatic heterocycles. The van der Waals surface area contributed by atoms with Crippen LogP contribution >= 0.6 is 24.0 Å². The number of allylic oxidation sites excluding steroid dienone is 1. The van der Waals surface area contributed by atoms with Gasteiger partial charge in [-0.2, -0.15) is 0 Å². The van der Waals surface area contributed by atoms with Crippen LogP contribution in [-0.4, -0.2) is 44.4 Å². The van der Waals surface area contributed by atoms with Crippen LogP contribution in [0.3, 0.4) is 0 Å². The third-order valence-corrected chi connectivity index (χ3v) is 4.25. The first kappa shape index (κ1) is 23.7. The molecule has 7 heteroatoms. The maximum Gasteiger partial charge on any atom is 0.218 e. The number of hydrogen-bond acceptors (Lipinski definition) is 4. The van der Waals surface area contributed by atoms with Crippen molar-refractivity contribution in [2.75, 3.05) is 33.4 Å². The summed E-state index contributed by atoms with van der Waals surface area (Å²) in [4.78, 5) is 8.98. The Morgan fingerprint density at radius 3 is 2.89 bits per heavy atom. The molecule has 0 atom stereocenters. The lowest BCUT2D eigenvalue weighted by atomic mass is 9.97. The Morgan fingerprint density at radius 2 is 2.15 bits per heavy atom. The van der Waals surface area contributed by atoms with Gasteiger partial charge in [-0.1, -0.05) is 17.7 Å². The van der Waals surface area contributed by atoms with Crippen LogP contribution in [0.1, 0.15) is 44.6 Å². The minimum Gasteiger partial charge on any atom is -0.475 e. The summed E-state index contributed by atoms with van der Waals surface area (Å²) in [6.45, 7) is 5.36. The van der Waals surface area contributed by atoms with Crippen LogP contribution in [0.25, 0.3) is 0 Å². The lowest BCUT2D eigenvalue weighted by molar-refractivity contribution is 0.143. The average Bonchev–Trinajstić information content (AvgIpc) is 2.68. The van der Waals surface area contributed by atoms with Crippen molar-refractivity contribution in [3.63, 3.8) is 0 Å². The van der Waals surface area contributed by atoms with Crippen molar-refractivity contribution in [3.8, 4) is 5.88 Å². The van der Waals surface area contributed by atoms with Crippen molar-refractivity contribution in [2.45, 2.75) is 45.6 Å². The van der Waals surface area contributed by atoms with E-state index in [0.717, 1.165) is 31.0 Å². The Kier molecular flexibility index (Phi) is 12.9. The number of aromatic nitrogens is 1. The van der Waals surface area contributed by atoms with Crippen LogP contribution < -0.4 is 15.4 Å². The molecule has 0 unspecified atom stereocenters. The lowest BCUT2D eigenvalue weighted by Crippen LogP contribution is -2.37. The molecule has 0 amide bonds. The van der Waals surface area contributed by atoms with E-state index >= 15 is 0 Å². The van der Waals surface area contributed by atoms with Crippen LogP contribution in [0.5, 0.6) is 5.88 Å². The van der Waals surface area contributed by atoms with Crippen molar-refractivity contribution in [1.29, 1.82) is 0 Å². The van der Waals surface area contributed by atoms with Crippen LogP contribution in [0, 0.1) is 0 Å². The number of nitrogens with zero attached hydrogens (tertiary/aromatic N) is 2. The second-order valence-corrected chi connectivity index (χ2v) is 6.29. The average molecular weight is 488 g/mol. The van der Waals surface area contributed by atoms with Gasteiger partial charge in [0.05, 0.1) is 13.2 Å². The normalized spacial score (nSPS) is 14.1. The molecule has 0 aromatic carbocycles. The molecule has 1 aliphatic rings. The first-order valence-corrected chi connectivity index (χ1v) is 9.59. The first-order chi connectivity index (χ1) is 12.8. The smallest absolute Gasteiger partial charge is 0.218 e. The van der Waals surface area contributed by atoms with Crippen molar-refractivity contribution in [3.05, 3.63) is 35.5 Å². The fourth-order valence-electron chi connectivity index (χ4n) is 2.88. The molecule has 1 heterocycles. The number of methoxy groups -OCH3 is 1. The predicted molar refractivity (Wildman–Crippen MR) is 121 cm³/mol. The van der Waals surface area contributed by atoms with E-state index in [4.69, 9.17) is 9.47 Å². The molecule has 0 radical (unpaired) electrons. The minimum atomic E-state index is 0. The van der Waals surface area contributed by atoms with E-state index in [1.165, 1.54) is 25.7 Å². The first-order valence-electron chi connectivity index (χ1n) is 9.59. The highest BCUT2D eigenvalue weighted by molar-refractivity contribution is 14.0. The number of halogens is 1. The van der Waals surface area contributed by atoms with Gasteiger partial charge in [0.25, 0.3) is 0 Å². The fraction of sp³-hybridized carbons (Fsp3) is 0.600. The topological polar surface area (TPSA) is 67.8 Å². The summed E-state index contributed by atoms with van der Waals surface area (Å²) in [7, 11) is 1.66. The highest BCUT2D eigenvalue weighted by Gasteiger charge is 2.06. The summed E-state index contributed by atoms with van der Waals surface area (Å²) in [5.74, 6) is 1.45. The van der Waals surface area contributed by atoms with Crippen LogP contribution in [0.4, 0.5) is 0 Å². The maximum absolute atomic E-state index is 5.68. The van der Waals surface area contributed by atoms with Crippen molar-refractivity contribution < 1.29 is 9.47 Å². The Labute approximate surface area is 180 Å². The maximum atomic E-state index is 5.68. The molecule has 6 nitrogen and oxygen atoms in total. The molecule has 0 spiro atoms. The number of guanidine groups is 1. The summed E-state index contributed by atoms with van der Waals surface area (Å²) >= 11 is 0. The monoisotopic (exact) mass is 488 g/mol. The number of pyridine rings is 1. The largest absolute Gasteiger partial charge is 0.475 e. The zero-order valence-electron chi connectivity index (χ0n) is 16.5. The zero-order chi connectivity index (χ0) is 18.5. The van der Waals surface area contributed by atoms with Crippen molar-refractivity contribution in [1.82, 2.24) is 15.6 Å². The summed E-state index contributed by atoms with van der Waals surface area (Å²) in [5, 5.41) is 6.73.